The Balaban J connectivity index is 1.53. The highest BCUT2D eigenvalue weighted by Gasteiger charge is 2.47. The molecule has 0 bridgehead atoms. The second-order valence-electron chi connectivity index (χ2n) is 9.16. The molecule has 2 aromatic carbocycles. The van der Waals surface area contributed by atoms with Crippen LogP contribution in [-0.2, 0) is 14.8 Å². The van der Waals surface area contributed by atoms with E-state index in [4.69, 9.17) is 4.74 Å². The first-order valence-corrected chi connectivity index (χ1v) is 12.5. The molecule has 182 valence electrons. The van der Waals surface area contributed by atoms with Crippen molar-refractivity contribution in [1.29, 1.82) is 0 Å². The molecular formula is C24H27FN2O6S. The Hall–Kier alpha value is -2.98. The summed E-state index contributed by atoms with van der Waals surface area (Å²) in [6, 6.07) is 11.2. The van der Waals surface area contributed by atoms with Crippen LogP contribution in [0.2, 0.25) is 0 Å². The molecule has 8 nitrogen and oxygen atoms in total. The number of rotatable bonds is 6. The van der Waals surface area contributed by atoms with Crippen LogP contribution in [0.4, 0.5) is 4.39 Å². The molecule has 2 heterocycles. The Kier molecular flexibility index (Phi) is 6.39. The lowest BCUT2D eigenvalue weighted by molar-refractivity contribution is -0.148. The topological polar surface area (TPSA) is 104 Å². The smallest absolute Gasteiger partial charge is 0.269 e. The lowest BCUT2D eigenvalue weighted by Gasteiger charge is -2.45. The maximum Gasteiger partial charge on any atom is 0.269 e. The molecular weight excluding hydrogens is 463 g/mol. The quantitative estimate of drug-likeness (QED) is 0.667. The van der Waals surface area contributed by atoms with Gasteiger partial charge in [-0.2, -0.15) is 0 Å². The summed E-state index contributed by atoms with van der Waals surface area (Å²) in [6.07, 6.45) is -0.181. The van der Waals surface area contributed by atoms with Crippen molar-refractivity contribution in [3.63, 3.8) is 0 Å². The van der Waals surface area contributed by atoms with E-state index in [0.717, 1.165) is 0 Å². The number of aliphatic hydroxyl groups is 1. The molecule has 0 unspecified atom stereocenters. The summed E-state index contributed by atoms with van der Waals surface area (Å²) in [5.74, 6) is -1.24. The van der Waals surface area contributed by atoms with Crippen LogP contribution in [0.1, 0.15) is 37.0 Å². The Bertz CT molecular complexity index is 1200. The third-order valence-electron chi connectivity index (χ3n) is 6.20. The predicted molar refractivity (Wildman–Crippen MR) is 121 cm³/mol. The average Bonchev–Trinajstić information content (AvgIpc) is 2.97. The van der Waals surface area contributed by atoms with E-state index in [1.807, 2.05) is 13.8 Å². The van der Waals surface area contributed by atoms with Crippen LogP contribution in [0.25, 0.3) is 0 Å². The number of halogens is 1. The molecule has 0 aliphatic carbocycles. The third kappa shape index (κ3) is 4.52. The highest BCUT2D eigenvalue weighted by molar-refractivity contribution is 7.90. The van der Waals surface area contributed by atoms with E-state index in [-0.39, 0.29) is 35.9 Å². The van der Waals surface area contributed by atoms with Gasteiger partial charge in [0.05, 0.1) is 12.1 Å². The molecule has 2 aromatic rings. The maximum absolute atomic E-state index is 13.3. The molecule has 34 heavy (non-hydrogen) atoms. The second-order valence-corrected chi connectivity index (χ2v) is 11.0. The predicted octanol–water partition coefficient (Wildman–Crippen LogP) is 2.43. The summed E-state index contributed by atoms with van der Waals surface area (Å²) in [5, 5.41) is 11.3. The summed E-state index contributed by atoms with van der Waals surface area (Å²) in [7, 11) is -4.11. The number of hydrogen-bond acceptors (Lipinski definition) is 6. The van der Waals surface area contributed by atoms with Gasteiger partial charge in [0.2, 0.25) is 5.91 Å². The zero-order valence-electron chi connectivity index (χ0n) is 19.0. The van der Waals surface area contributed by atoms with Crippen molar-refractivity contribution in [2.45, 2.75) is 43.3 Å². The lowest BCUT2D eigenvalue weighted by atomic mass is 9.81. The average molecular weight is 491 g/mol. The van der Waals surface area contributed by atoms with Crippen molar-refractivity contribution in [3.8, 4) is 5.75 Å². The monoisotopic (exact) mass is 490 g/mol. The van der Waals surface area contributed by atoms with Crippen molar-refractivity contribution in [3.05, 3.63) is 59.9 Å². The minimum atomic E-state index is -4.11. The molecule has 1 saturated heterocycles. The summed E-state index contributed by atoms with van der Waals surface area (Å²) < 4.78 is 45.5. The first-order valence-electron chi connectivity index (χ1n) is 11.1. The number of benzene rings is 2. The van der Waals surface area contributed by atoms with E-state index in [9.17, 15) is 27.5 Å². The number of carbonyl (C=O) groups excluding carboxylic acids is 2. The normalized spacial score (nSPS) is 23.8. The number of likely N-dealkylation sites (tertiary alicyclic amines) is 1. The van der Waals surface area contributed by atoms with Crippen LogP contribution < -0.4 is 4.74 Å². The molecule has 10 heteroatoms. The van der Waals surface area contributed by atoms with Crippen LogP contribution >= 0.6 is 0 Å². The van der Waals surface area contributed by atoms with E-state index >= 15 is 0 Å². The fourth-order valence-electron chi connectivity index (χ4n) is 4.55. The van der Waals surface area contributed by atoms with Gasteiger partial charge in [-0.05, 0) is 55.2 Å². The van der Waals surface area contributed by atoms with Crippen LogP contribution in [0.15, 0.2) is 53.4 Å². The molecule has 1 fully saturated rings. The number of carbonyl (C=O) groups is 2. The minimum absolute atomic E-state index is 0.00550. The largest absolute Gasteiger partial charge is 0.486 e. The molecule has 0 saturated carbocycles. The van der Waals surface area contributed by atoms with Gasteiger partial charge in [0.1, 0.15) is 34.7 Å². The van der Waals surface area contributed by atoms with Crippen LogP contribution in [0, 0.1) is 11.7 Å². The van der Waals surface area contributed by atoms with E-state index in [1.54, 1.807) is 6.07 Å². The Morgan fingerprint density at radius 2 is 1.88 bits per heavy atom. The first kappa shape index (κ1) is 24.2. The first-order chi connectivity index (χ1) is 16.0. The molecule has 1 N–H and O–H groups in total. The van der Waals surface area contributed by atoms with Crippen molar-refractivity contribution in [2.24, 2.45) is 5.92 Å². The van der Waals surface area contributed by atoms with Gasteiger partial charge in [-0.15, -0.1) is 0 Å². The molecule has 0 aromatic heterocycles. The Morgan fingerprint density at radius 3 is 2.53 bits per heavy atom. The molecule has 0 spiro atoms. The lowest BCUT2D eigenvalue weighted by Crippen LogP contribution is -2.60. The molecule has 4 rings (SSSR count). The van der Waals surface area contributed by atoms with Crippen LogP contribution in [0.3, 0.4) is 0 Å². The Labute approximate surface area is 198 Å². The number of amides is 2. The number of nitrogens with zero attached hydrogens (tertiary/aromatic N) is 2. The Morgan fingerprint density at radius 1 is 1.21 bits per heavy atom. The van der Waals surface area contributed by atoms with Crippen molar-refractivity contribution >= 4 is 21.8 Å². The van der Waals surface area contributed by atoms with Gasteiger partial charge in [-0.1, -0.05) is 26.0 Å². The number of ether oxygens (including phenoxy) is 1. The zero-order chi connectivity index (χ0) is 24.7. The van der Waals surface area contributed by atoms with Crippen LogP contribution in [-0.4, -0.2) is 65.9 Å². The summed E-state index contributed by atoms with van der Waals surface area (Å²) in [6.45, 7) is 3.47. The fraction of sp³-hybridized carbons (Fsp3) is 0.417. The van der Waals surface area contributed by atoms with Gasteiger partial charge in [0.25, 0.3) is 15.9 Å². The van der Waals surface area contributed by atoms with E-state index in [1.165, 1.54) is 47.4 Å². The summed E-state index contributed by atoms with van der Waals surface area (Å²) in [5.41, 5.74) is -1.19. The van der Waals surface area contributed by atoms with E-state index in [2.05, 4.69) is 0 Å². The van der Waals surface area contributed by atoms with Gasteiger partial charge in [0.15, 0.2) is 0 Å². The standard InChI is InChI=1S/C24H27FN2O6S/c1-16(2)13-24(30)11-12-26(14-21(24)33-18-9-7-17(25)8-10-18)22(28)15-27-23(29)19-5-3-4-6-20(19)34(27,31)32/h3-10,16,21,30H,11-15H2,1-2H3/t21-,24+/m0/s1. The number of fused-ring (bicyclic) bond motifs is 1. The highest BCUT2D eigenvalue weighted by Crippen LogP contribution is 2.34. The number of piperidine rings is 1. The molecule has 2 aliphatic rings. The van der Waals surface area contributed by atoms with E-state index in [0.29, 0.717) is 16.5 Å². The third-order valence-corrected chi connectivity index (χ3v) is 7.98. The van der Waals surface area contributed by atoms with Gasteiger partial charge in [0, 0.05) is 6.54 Å². The second kappa shape index (κ2) is 8.99. The number of sulfonamides is 1. The van der Waals surface area contributed by atoms with Crippen molar-refractivity contribution in [2.75, 3.05) is 19.6 Å². The van der Waals surface area contributed by atoms with Crippen molar-refractivity contribution < 1.29 is 32.2 Å². The van der Waals surface area contributed by atoms with Gasteiger partial charge in [-0.3, -0.25) is 9.59 Å². The molecule has 2 atom stereocenters. The molecule has 0 radical (unpaired) electrons. The maximum atomic E-state index is 13.3. The van der Waals surface area contributed by atoms with E-state index < -0.39 is 45.9 Å². The minimum Gasteiger partial charge on any atom is -0.486 e. The van der Waals surface area contributed by atoms with Gasteiger partial charge >= 0.3 is 0 Å². The van der Waals surface area contributed by atoms with Crippen LogP contribution in [0.5, 0.6) is 5.75 Å². The van der Waals surface area contributed by atoms with Crippen molar-refractivity contribution in [1.82, 2.24) is 9.21 Å². The molecule has 2 aliphatic heterocycles. The summed E-state index contributed by atoms with van der Waals surface area (Å²) in [4.78, 5) is 27.0. The zero-order valence-corrected chi connectivity index (χ0v) is 19.8. The summed E-state index contributed by atoms with van der Waals surface area (Å²) >= 11 is 0. The molecule has 2 amide bonds. The van der Waals surface area contributed by atoms with Gasteiger partial charge < -0.3 is 14.7 Å². The fourth-order valence-corrected chi connectivity index (χ4v) is 6.07. The highest BCUT2D eigenvalue weighted by atomic mass is 32.2. The van der Waals surface area contributed by atoms with Gasteiger partial charge in [-0.25, -0.2) is 17.1 Å². The SMILES string of the molecule is CC(C)C[C@]1(O)CCN(C(=O)CN2C(=O)c3ccccc3S2(=O)=O)C[C@@H]1Oc1ccc(F)cc1. The number of hydrogen-bond donors (Lipinski definition) is 1.